The zero-order chi connectivity index (χ0) is 17.3. The molecule has 0 saturated carbocycles. The minimum atomic E-state index is -3.39. The Morgan fingerprint density at radius 2 is 1.96 bits per heavy atom. The van der Waals surface area contributed by atoms with Crippen molar-refractivity contribution in [2.75, 3.05) is 39.4 Å². The fourth-order valence-corrected chi connectivity index (χ4v) is 6.05. The van der Waals surface area contributed by atoms with Crippen LogP contribution in [-0.4, -0.2) is 73.2 Å². The zero-order valence-electron chi connectivity index (χ0n) is 14.0. The Morgan fingerprint density at radius 3 is 2.58 bits per heavy atom. The molecule has 0 aliphatic carbocycles. The van der Waals surface area contributed by atoms with Crippen LogP contribution >= 0.6 is 11.3 Å². The summed E-state index contributed by atoms with van der Waals surface area (Å²) >= 11 is 1.37. The van der Waals surface area contributed by atoms with Gasteiger partial charge in [0.1, 0.15) is 4.88 Å². The third-order valence-corrected chi connectivity index (χ3v) is 7.89. The van der Waals surface area contributed by atoms with Gasteiger partial charge in [-0.2, -0.15) is 4.31 Å². The van der Waals surface area contributed by atoms with E-state index in [0.29, 0.717) is 50.6 Å². The number of thiazole rings is 1. The molecular formula is C15H23N3O4S2. The van der Waals surface area contributed by atoms with Gasteiger partial charge in [0.05, 0.1) is 29.2 Å². The minimum Gasteiger partial charge on any atom is -0.379 e. The van der Waals surface area contributed by atoms with E-state index in [4.69, 9.17) is 4.74 Å². The summed E-state index contributed by atoms with van der Waals surface area (Å²) in [7, 11) is -3.39. The summed E-state index contributed by atoms with van der Waals surface area (Å²) in [5.41, 5.74) is 0.723. The summed E-state index contributed by atoms with van der Waals surface area (Å²) in [6.07, 6.45) is 1.31. The highest BCUT2D eigenvalue weighted by Crippen LogP contribution is 2.25. The zero-order valence-corrected chi connectivity index (χ0v) is 15.7. The molecule has 1 aromatic heterocycles. The van der Waals surface area contributed by atoms with Crippen molar-refractivity contribution in [3.8, 4) is 0 Å². The number of carbonyl (C=O) groups excluding carboxylic acids is 1. The normalized spacial score (nSPS) is 23.4. The molecule has 1 unspecified atom stereocenters. The Labute approximate surface area is 146 Å². The van der Waals surface area contributed by atoms with Gasteiger partial charge >= 0.3 is 0 Å². The van der Waals surface area contributed by atoms with Gasteiger partial charge < -0.3 is 9.64 Å². The van der Waals surface area contributed by atoms with Gasteiger partial charge in [-0.15, -0.1) is 11.3 Å². The summed E-state index contributed by atoms with van der Waals surface area (Å²) < 4.78 is 32.4. The van der Waals surface area contributed by atoms with Crippen LogP contribution in [-0.2, 0) is 14.8 Å². The maximum absolute atomic E-state index is 12.8. The molecule has 2 fully saturated rings. The quantitative estimate of drug-likeness (QED) is 0.790. The molecule has 2 aliphatic heterocycles. The lowest BCUT2D eigenvalue weighted by Gasteiger charge is -2.36. The molecule has 0 radical (unpaired) electrons. The number of hydrogen-bond donors (Lipinski definition) is 0. The summed E-state index contributed by atoms with van der Waals surface area (Å²) in [4.78, 5) is 19.3. The molecule has 2 saturated heterocycles. The molecule has 1 amide bonds. The van der Waals surface area contributed by atoms with E-state index in [2.05, 4.69) is 4.98 Å². The van der Waals surface area contributed by atoms with Crippen molar-refractivity contribution in [1.29, 1.82) is 0 Å². The van der Waals surface area contributed by atoms with Crippen LogP contribution < -0.4 is 0 Å². The summed E-state index contributed by atoms with van der Waals surface area (Å²) in [6.45, 7) is 6.24. The van der Waals surface area contributed by atoms with E-state index in [9.17, 15) is 13.2 Å². The van der Waals surface area contributed by atoms with Crippen LogP contribution in [0.4, 0.5) is 0 Å². The first kappa shape index (κ1) is 17.8. The second-order valence-electron chi connectivity index (χ2n) is 6.22. The Balaban J connectivity index is 1.74. The highest BCUT2D eigenvalue weighted by Gasteiger charge is 2.37. The first-order chi connectivity index (χ1) is 11.4. The third-order valence-electron chi connectivity index (χ3n) is 4.51. The first-order valence-electron chi connectivity index (χ1n) is 8.19. The molecule has 0 spiro atoms. The maximum Gasteiger partial charge on any atom is 0.265 e. The van der Waals surface area contributed by atoms with E-state index in [1.807, 2.05) is 13.8 Å². The lowest BCUT2D eigenvalue weighted by atomic mass is 10.1. The molecule has 1 atom stereocenters. The van der Waals surface area contributed by atoms with Crippen LogP contribution in [0.5, 0.6) is 0 Å². The van der Waals surface area contributed by atoms with E-state index >= 15 is 0 Å². The lowest BCUT2D eigenvalue weighted by Crippen LogP contribution is -2.51. The Hall–Kier alpha value is -1.03. The van der Waals surface area contributed by atoms with Crippen molar-refractivity contribution in [3.05, 3.63) is 15.6 Å². The van der Waals surface area contributed by atoms with Gasteiger partial charge in [-0.25, -0.2) is 13.4 Å². The highest BCUT2D eigenvalue weighted by molar-refractivity contribution is 7.89. The van der Waals surface area contributed by atoms with Crippen LogP contribution in [0.25, 0.3) is 0 Å². The maximum atomic E-state index is 12.8. The number of morpholine rings is 1. The summed E-state index contributed by atoms with van der Waals surface area (Å²) in [6, 6.07) is 0. The van der Waals surface area contributed by atoms with E-state index in [0.717, 1.165) is 10.7 Å². The van der Waals surface area contributed by atoms with Crippen molar-refractivity contribution in [2.45, 2.75) is 31.9 Å². The van der Waals surface area contributed by atoms with E-state index in [1.54, 1.807) is 4.90 Å². The van der Waals surface area contributed by atoms with Crippen molar-refractivity contribution in [3.63, 3.8) is 0 Å². The van der Waals surface area contributed by atoms with Crippen molar-refractivity contribution < 1.29 is 17.9 Å². The third kappa shape index (κ3) is 3.49. The second-order valence-corrected chi connectivity index (χ2v) is 9.64. The van der Waals surface area contributed by atoms with Gasteiger partial charge in [0.15, 0.2) is 0 Å². The average Bonchev–Trinajstić information content (AvgIpc) is 2.93. The number of hydrogen-bond acceptors (Lipinski definition) is 6. The van der Waals surface area contributed by atoms with Gasteiger partial charge in [0, 0.05) is 26.2 Å². The second kappa shape index (κ2) is 7.07. The molecule has 7 nitrogen and oxygen atoms in total. The highest BCUT2D eigenvalue weighted by atomic mass is 32.2. The Kier molecular flexibility index (Phi) is 5.24. The molecule has 0 N–H and O–H groups in total. The fraction of sp³-hybridized carbons (Fsp3) is 0.733. The van der Waals surface area contributed by atoms with Crippen LogP contribution in [0.2, 0.25) is 0 Å². The lowest BCUT2D eigenvalue weighted by molar-refractivity contribution is 0.0687. The number of nitrogens with zero attached hydrogens (tertiary/aromatic N) is 3. The monoisotopic (exact) mass is 373 g/mol. The van der Waals surface area contributed by atoms with Gasteiger partial charge in [-0.3, -0.25) is 4.79 Å². The van der Waals surface area contributed by atoms with Gasteiger partial charge in [-0.05, 0) is 26.7 Å². The van der Waals surface area contributed by atoms with Gasteiger partial charge in [-0.1, -0.05) is 0 Å². The first-order valence-corrected chi connectivity index (χ1v) is 10.5. The van der Waals surface area contributed by atoms with Crippen LogP contribution in [0.15, 0.2) is 0 Å². The van der Waals surface area contributed by atoms with Crippen LogP contribution in [0, 0.1) is 13.8 Å². The number of carbonyl (C=O) groups is 1. The molecule has 134 valence electrons. The predicted molar refractivity (Wildman–Crippen MR) is 91.8 cm³/mol. The number of aryl methyl sites for hydroxylation is 2. The minimum absolute atomic E-state index is 0.0972. The molecule has 2 aliphatic rings. The molecule has 1 aromatic rings. The Bertz CT molecular complexity index is 710. The predicted octanol–water partition coefficient (Wildman–Crippen LogP) is 1.03. The molecule has 3 rings (SSSR count). The fourth-order valence-electron chi connectivity index (χ4n) is 3.25. The van der Waals surface area contributed by atoms with Crippen molar-refractivity contribution >= 4 is 27.3 Å². The molecule has 24 heavy (non-hydrogen) atoms. The largest absolute Gasteiger partial charge is 0.379 e. The van der Waals surface area contributed by atoms with Gasteiger partial charge in [0.25, 0.3) is 5.91 Å². The van der Waals surface area contributed by atoms with E-state index in [1.165, 1.54) is 15.6 Å². The van der Waals surface area contributed by atoms with E-state index < -0.39 is 15.3 Å². The number of piperidine rings is 1. The smallest absolute Gasteiger partial charge is 0.265 e. The van der Waals surface area contributed by atoms with Crippen LogP contribution in [0.1, 0.15) is 33.2 Å². The topological polar surface area (TPSA) is 79.8 Å². The molecular weight excluding hydrogens is 350 g/mol. The number of likely N-dealkylation sites (tertiary alicyclic amines) is 1. The Morgan fingerprint density at radius 1 is 1.25 bits per heavy atom. The van der Waals surface area contributed by atoms with Crippen molar-refractivity contribution in [2.24, 2.45) is 0 Å². The standard InChI is InChI=1S/C15H23N3O4S2/c1-11-14(23-12(2)16-11)15(19)17-5-3-4-13(10-17)24(20,21)18-6-8-22-9-7-18/h13H,3-10H2,1-2H3. The number of ether oxygens (including phenoxy) is 1. The molecule has 0 aromatic carbocycles. The summed E-state index contributed by atoms with van der Waals surface area (Å²) in [5, 5.41) is 0.327. The van der Waals surface area contributed by atoms with E-state index in [-0.39, 0.29) is 12.5 Å². The molecule has 3 heterocycles. The number of rotatable bonds is 3. The van der Waals surface area contributed by atoms with Crippen LogP contribution in [0.3, 0.4) is 0 Å². The SMILES string of the molecule is Cc1nc(C)c(C(=O)N2CCCC(S(=O)(=O)N3CCOCC3)C2)s1. The average molecular weight is 374 g/mol. The molecule has 9 heteroatoms. The number of amides is 1. The number of sulfonamides is 1. The van der Waals surface area contributed by atoms with Crippen molar-refractivity contribution in [1.82, 2.24) is 14.2 Å². The molecule has 0 bridgehead atoms. The number of aromatic nitrogens is 1. The van der Waals surface area contributed by atoms with Gasteiger partial charge in [0.2, 0.25) is 10.0 Å². The summed E-state index contributed by atoms with van der Waals surface area (Å²) in [5.74, 6) is -0.0972.